The van der Waals surface area contributed by atoms with Gasteiger partial charge in [-0.15, -0.1) is 0 Å². The third-order valence-corrected chi connectivity index (χ3v) is 6.37. The molecule has 27 heavy (non-hydrogen) atoms. The zero-order valence-electron chi connectivity index (χ0n) is 15.5. The lowest BCUT2D eigenvalue weighted by atomic mass is 9.95. The van der Waals surface area contributed by atoms with Crippen LogP contribution in [0.1, 0.15) is 46.8 Å². The molecule has 2 fully saturated rings. The number of methoxy groups -OCH3 is 1. The highest BCUT2D eigenvalue weighted by atomic mass is 16.5. The average molecular weight is 365 g/mol. The van der Waals surface area contributed by atoms with Crippen molar-refractivity contribution in [2.75, 3.05) is 20.2 Å². The number of nitrogens with zero attached hydrogens (tertiary/aromatic N) is 1. The summed E-state index contributed by atoms with van der Waals surface area (Å²) in [7, 11) is 1.64. The van der Waals surface area contributed by atoms with E-state index in [4.69, 9.17) is 4.74 Å². The number of hydrogen-bond acceptors (Lipinski definition) is 4. The van der Waals surface area contributed by atoms with E-state index < -0.39 is 0 Å². The molecular formula is C21H23N3O3. The lowest BCUT2D eigenvalue weighted by Gasteiger charge is -2.25. The largest absolute Gasteiger partial charge is 0.508 e. The maximum absolute atomic E-state index is 13.3. The van der Waals surface area contributed by atoms with Crippen LogP contribution in [-0.4, -0.2) is 41.1 Å². The SMILES string of the molecule is COC1NC=C(C)c2[nH]cc(C(=O)N3CC4CC4(c4ccc(O)cc4)C3)c21. The molecule has 1 aromatic heterocycles. The number of phenols is 1. The second-order valence-electron chi connectivity index (χ2n) is 7.89. The Balaban J connectivity index is 1.43. The highest BCUT2D eigenvalue weighted by Gasteiger charge is 2.61. The molecule has 6 heteroatoms. The van der Waals surface area contributed by atoms with E-state index in [1.54, 1.807) is 25.4 Å². The first kappa shape index (κ1) is 16.4. The number of aromatic hydroxyl groups is 1. The van der Waals surface area contributed by atoms with Gasteiger partial charge in [0.25, 0.3) is 5.91 Å². The maximum atomic E-state index is 13.3. The number of hydrogen-bond donors (Lipinski definition) is 3. The zero-order valence-corrected chi connectivity index (χ0v) is 15.5. The van der Waals surface area contributed by atoms with Crippen molar-refractivity contribution in [2.24, 2.45) is 5.92 Å². The van der Waals surface area contributed by atoms with Crippen LogP contribution in [0.2, 0.25) is 0 Å². The van der Waals surface area contributed by atoms with Gasteiger partial charge < -0.3 is 25.0 Å². The first-order valence-corrected chi connectivity index (χ1v) is 9.29. The van der Waals surface area contributed by atoms with E-state index >= 15 is 0 Å². The second kappa shape index (κ2) is 5.63. The van der Waals surface area contributed by atoms with Crippen LogP contribution >= 0.6 is 0 Å². The minimum atomic E-state index is -0.322. The first-order valence-electron chi connectivity index (χ1n) is 9.29. The number of aromatic nitrogens is 1. The third kappa shape index (κ3) is 2.33. The van der Waals surface area contributed by atoms with Gasteiger partial charge in [-0.2, -0.15) is 0 Å². The Labute approximate surface area is 157 Å². The minimum Gasteiger partial charge on any atom is -0.508 e. The van der Waals surface area contributed by atoms with Crippen molar-refractivity contribution < 1.29 is 14.6 Å². The van der Waals surface area contributed by atoms with E-state index in [1.807, 2.05) is 30.2 Å². The Morgan fingerprint density at radius 1 is 1.33 bits per heavy atom. The minimum absolute atomic E-state index is 0.0501. The van der Waals surface area contributed by atoms with Gasteiger partial charge in [0.2, 0.25) is 0 Å². The molecule has 0 radical (unpaired) electrons. The van der Waals surface area contributed by atoms with Gasteiger partial charge in [0, 0.05) is 43.6 Å². The average Bonchev–Trinajstić information content (AvgIpc) is 3.04. The molecule has 2 aromatic rings. The molecule has 3 atom stereocenters. The van der Waals surface area contributed by atoms with Gasteiger partial charge in [0.1, 0.15) is 5.75 Å². The fourth-order valence-corrected chi connectivity index (χ4v) is 4.80. The fourth-order valence-electron chi connectivity index (χ4n) is 4.80. The lowest BCUT2D eigenvalue weighted by Crippen LogP contribution is -2.34. The van der Waals surface area contributed by atoms with Crippen molar-refractivity contribution in [2.45, 2.75) is 25.0 Å². The number of H-pyrrole nitrogens is 1. The van der Waals surface area contributed by atoms with Crippen LogP contribution in [0.25, 0.3) is 5.57 Å². The number of fused-ring (bicyclic) bond motifs is 2. The summed E-state index contributed by atoms with van der Waals surface area (Å²) >= 11 is 0. The topological polar surface area (TPSA) is 77.6 Å². The Kier molecular flexibility index (Phi) is 3.43. The molecule has 1 amide bonds. The summed E-state index contributed by atoms with van der Waals surface area (Å²) in [6, 6.07) is 7.44. The predicted molar refractivity (Wildman–Crippen MR) is 101 cm³/mol. The van der Waals surface area contributed by atoms with Gasteiger partial charge in [-0.3, -0.25) is 4.79 Å². The Hall–Kier alpha value is -2.73. The summed E-state index contributed by atoms with van der Waals surface area (Å²) in [6.07, 6.45) is 4.50. The van der Waals surface area contributed by atoms with Crippen molar-refractivity contribution in [1.82, 2.24) is 15.2 Å². The number of phenolic OH excluding ortho intramolecular Hbond substituents is 1. The molecule has 1 aromatic carbocycles. The van der Waals surface area contributed by atoms with E-state index in [0.29, 0.717) is 11.5 Å². The molecule has 0 spiro atoms. The number of carbonyl (C=O) groups excluding carboxylic acids is 1. The summed E-state index contributed by atoms with van der Waals surface area (Å²) < 4.78 is 5.54. The van der Waals surface area contributed by atoms with Crippen LogP contribution in [0.4, 0.5) is 0 Å². The van der Waals surface area contributed by atoms with Crippen LogP contribution < -0.4 is 5.32 Å². The molecule has 1 aliphatic carbocycles. The van der Waals surface area contributed by atoms with Gasteiger partial charge in [-0.25, -0.2) is 0 Å². The van der Waals surface area contributed by atoms with Gasteiger partial charge in [0.05, 0.1) is 11.3 Å². The number of ether oxygens (including phenoxy) is 1. The number of piperidine rings is 1. The summed E-state index contributed by atoms with van der Waals surface area (Å²) in [6.45, 7) is 3.51. The molecule has 0 bridgehead atoms. The zero-order chi connectivity index (χ0) is 18.8. The fraction of sp³-hybridized carbons (Fsp3) is 0.381. The van der Waals surface area contributed by atoms with Gasteiger partial charge in [0.15, 0.2) is 6.23 Å². The second-order valence-corrected chi connectivity index (χ2v) is 7.89. The van der Waals surface area contributed by atoms with Crippen molar-refractivity contribution in [1.29, 1.82) is 0 Å². The number of rotatable bonds is 3. The summed E-state index contributed by atoms with van der Waals surface area (Å²) in [5.74, 6) is 0.828. The van der Waals surface area contributed by atoms with E-state index in [1.165, 1.54) is 5.56 Å². The van der Waals surface area contributed by atoms with Crippen molar-refractivity contribution in [3.8, 4) is 5.75 Å². The molecule has 1 saturated carbocycles. The molecule has 6 nitrogen and oxygen atoms in total. The van der Waals surface area contributed by atoms with Gasteiger partial charge in [-0.05, 0) is 42.5 Å². The highest BCUT2D eigenvalue weighted by Crippen LogP contribution is 2.59. The molecule has 3 heterocycles. The number of nitrogens with one attached hydrogen (secondary N) is 2. The highest BCUT2D eigenvalue weighted by molar-refractivity contribution is 5.98. The Morgan fingerprint density at radius 2 is 2.11 bits per heavy atom. The van der Waals surface area contributed by atoms with Crippen molar-refractivity contribution >= 4 is 11.5 Å². The number of likely N-dealkylation sites (tertiary alicyclic amines) is 1. The van der Waals surface area contributed by atoms with Crippen molar-refractivity contribution in [3.05, 3.63) is 59.0 Å². The summed E-state index contributed by atoms with van der Waals surface area (Å²) in [4.78, 5) is 18.5. The lowest BCUT2D eigenvalue weighted by molar-refractivity contribution is 0.0723. The van der Waals surface area contributed by atoms with Crippen LogP contribution in [0.15, 0.2) is 36.7 Å². The summed E-state index contributed by atoms with van der Waals surface area (Å²) in [5.41, 5.74) is 4.85. The van der Waals surface area contributed by atoms with Crippen LogP contribution in [-0.2, 0) is 10.2 Å². The molecule has 140 valence electrons. The number of amides is 1. The molecule has 3 unspecified atom stereocenters. The van der Waals surface area contributed by atoms with Gasteiger partial charge in [-0.1, -0.05) is 12.1 Å². The van der Waals surface area contributed by atoms with E-state index in [-0.39, 0.29) is 23.3 Å². The Morgan fingerprint density at radius 3 is 2.85 bits per heavy atom. The third-order valence-electron chi connectivity index (χ3n) is 6.37. The van der Waals surface area contributed by atoms with Crippen LogP contribution in [0.3, 0.4) is 0 Å². The molecule has 2 aliphatic heterocycles. The van der Waals surface area contributed by atoms with E-state index in [0.717, 1.165) is 36.3 Å². The molecule has 3 aliphatic rings. The molecule has 5 rings (SSSR count). The van der Waals surface area contributed by atoms with Gasteiger partial charge >= 0.3 is 0 Å². The van der Waals surface area contributed by atoms with E-state index in [9.17, 15) is 9.90 Å². The number of benzene rings is 1. The molecular weight excluding hydrogens is 342 g/mol. The predicted octanol–water partition coefficient (Wildman–Crippen LogP) is 2.74. The standard InChI is InChI=1S/C21H23N3O3/c1-12-8-23-19(27-2)17-16(9-22-18(12)17)20(26)24-10-14-7-21(14,11-24)13-3-5-15(25)6-4-13/h3-6,8-9,14,19,22-23,25H,7,10-11H2,1-2H3. The van der Waals surface area contributed by atoms with Crippen LogP contribution in [0, 0.1) is 5.92 Å². The normalized spacial score (nSPS) is 28.2. The van der Waals surface area contributed by atoms with Crippen LogP contribution in [0.5, 0.6) is 5.75 Å². The number of allylic oxidation sites excluding steroid dienone is 1. The number of carbonyl (C=O) groups is 1. The smallest absolute Gasteiger partial charge is 0.255 e. The summed E-state index contributed by atoms with van der Waals surface area (Å²) in [5, 5.41) is 12.8. The number of aromatic amines is 1. The monoisotopic (exact) mass is 365 g/mol. The van der Waals surface area contributed by atoms with Crippen molar-refractivity contribution in [3.63, 3.8) is 0 Å². The molecule has 1 saturated heterocycles. The Bertz CT molecular complexity index is 946. The van der Waals surface area contributed by atoms with E-state index in [2.05, 4.69) is 10.3 Å². The maximum Gasteiger partial charge on any atom is 0.255 e. The quantitative estimate of drug-likeness (QED) is 0.782. The first-order chi connectivity index (χ1) is 13.0. The molecule has 3 N–H and O–H groups in total.